The highest BCUT2D eigenvalue weighted by molar-refractivity contribution is 14.1. The second kappa shape index (κ2) is 8.50. The number of rotatable bonds is 6. The Kier molecular flexibility index (Phi) is 6.67. The van der Waals surface area contributed by atoms with Gasteiger partial charge in [-0.1, -0.05) is 41.9 Å². The minimum atomic E-state index is -0.0181. The fourth-order valence-electron chi connectivity index (χ4n) is 2.07. The van der Waals surface area contributed by atoms with E-state index in [1.54, 1.807) is 24.1 Å². The van der Waals surface area contributed by atoms with Crippen LogP contribution in [0.2, 0.25) is 5.02 Å². The molecule has 1 amide bonds. The van der Waals surface area contributed by atoms with Crippen LogP contribution in [-0.2, 0) is 11.3 Å². The minimum absolute atomic E-state index is 0.0181. The molecule has 2 rings (SSSR count). The molecule has 0 bridgehead atoms. The van der Waals surface area contributed by atoms with Crippen LogP contribution in [0.4, 0.5) is 0 Å². The molecule has 2 aromatic carbocycles. The number of nitrogens with zero attached hydrogens (tertiary/aromatic N) is 1. The molecule has 3 nitrogen and oxygen atoms in total. The fourth-order valence-corrected chi connectivity index (χ4v) is 2.70. The Morgan fingerprint density at radius 2 is 1.95 bits per heavy atom. The van der Waals surface area contributed by atoms with Gasteiger partial charge in [-0.15, -0.1) is 0 Å². The summed E-state index contributed by atoms with van der Waals surface area (Å²) in [5.74, 6) is -0.0181. The number of hydrogen-bond donors (Lipinski definition) is 0. The van der Waals surface area contributed by atoms with Gasteiger partial charge in [0.1, 0.15) is 0 Å². The lowest BCUT2D eigenvalue weighted by atomic mass is 10.1. The molecule has 0 radical (unpaired) electrons. The average molecular weight is 430 g/mol. The molecule has 0 aliphatic rings. The van der Waals surface area contributed by atoms with Crippen LogP contribution in [0.3, 0.4) is 0 Å². The molecule has 0 heterocycles. The molecule has 0 aliphatic carbocycles. The average Bonchev–Trinajstić information content (AvgIpc) is 2.54. The quantitative estimate of drug-likeness (QED) is 0.643. The van der Waals surface area contributed by atoms with Crippen LogP contribution in [0.5, 0.6) is 0 Å². The second-order valence-electron chi connectivity index (χ2n) is 4.83. The van der Waals surface area contributed by atoms with Crippen LogP contribution in [0, 0.1) is 3.57 Å². The van der Waals surface area contributed by atoms with E-state index < -0.39 is 0 Å². The lowest BCUT2D eigenvalue weighted by Gasteiger charge is -2.23. The van der Waals surface area contributed by atoms with E-state index in [1.165, 1.54) is 0 Å². The smallest absolute Gasteiger partial charge is 0.254 e. The molecular weight excluding hydrogens is 413 g/mol. The summed E-state index contributed by atoms with van der Waals surface area (Å²) < 4.78 is 5.99. The van der Waals surface area contributed by atoms with Crippen LogP contribution >= 0.6 is 34.2 Å². The first-order chi connectivity index (χ1) is 10.6. The lowest BCUT2D eigenvalue weighted by Crippen LogP contribution is -2.33. The van der Waals surface area contributed by atoms with Crippen molar-refractivity contribution in [2.75, 3.05) is 20.3 Å². The summed E-state index contributed by atoms with van der Waals surface area (Å²) in [4.78, 5) is 14.5. The highest BCUT2D eigenvalue weighted by Gasteiger charge is 2.17. The van der Waals surface area contributed by atoms with Crippen LogP contribution in [0.15, 0.2) is 48.5 Å². The topological polar surface area (TPSA) is 29.5 Å². The first-order valence-corrected chi connectivity index (χ1v) is 8.34. The van der Waals surface area contributed by atoms with Crippen molar-refractivity contribution in [1.29, 1.82) is 0 Å². The van der Waals surface area contributed by atoms with Crippen LogP contribution in [0.1, 0.15) is 15.9 Å². The van der Waals surface area contributed by atoms with Crippen LogP contribution < -0.4 is 0 Å². The first kappa shape index (κ1) is 17.2. The van der Waals surface area contributed by atoms with E-state index in [-0.39, 0.29) is 5.91 Å². The van der Waals surface area contributed by atoms with Crippen molar-refractivity contribution in [2.24, 2.45) is 0 Å². The Morgan fingerprint density at radius 3 is 2.59 bits per heavy atom. The normalized spacial score (nSPS) is 10.5. The zero-order valence-electron chi connectivity index (χ0n) is 12.3. The molecule has 0 N–H and O–H groups in total. The van der Waals surface area contributed by atoms with E-state index in [1.807, 2.05) is 36.4 Å². The van der Waals surface area contributed by atoms with Crippen molar-refractivity contribution in [3.8, 4) is 0 Å². The molecule has 0 aliphatic heterocycles. The fraction of sp³-hybridized carbons (Fsp3) is 0.235. The maximum absolute atomic E-state index is 12.7. The highest BCUT2D eigenvalue weighted by Crippen LogP contribution is 2.20. The molecule has 0 saturated carbocycles. The van der Waals surface area contributed by atoms with Crippen molar-refractivity contribution in [1.82, 2.24) is 4.90 Å². The molecule has 116 valence electrons. The maximum atomic E-state index is 12.7. The highest BCUT2D eigenvalue weighted by atomic mass is 127. The second-order valence-corrected chi connectivity index (χ2v) is 6.40. The molecule has 0 saturated heterocycles. The number of carbonyl (C=O) groups is 1. The monoisotopic (exact) mass is 429 g/mol. The predicted molar refractivity (Wildman–Crippen MR) is 97.2 cm³/mol. The van der Waals surface area contributed by atoms with E-state index in [0.29, 0.717) is 30.3 Å². The Balaban J connectivity index is 2.19. The summed E-state index contributed by atoms with van der Waals surface area (Å²) in [6.07, 6.45) is 0. The largest absolute Gasteiger partial charge is 0.383 e. The molecule has 0 unspecified atom stereocenters. The summed E-state index contributed by atoms with van der Waals surface area (Å²) in [5.41, 5.74) is 1.73. The molecule has 2 aromatic rings. The van der Waals surface area contributed by atoms with Crippen LogP contribution in [-0.4, -0.2) is 31.1 Å². The Labute approximate surface area is 149 Å². The van der Waals surface area contributed by atoms with Gasteiger partial charge in [0.2, 0.25) is 0 Å². The van der Waals surface area contributed by atoms with Crippen molar-refractivity contribution < 1.29 is 9.53 Å². The van der Waals surface area contributed by atoms with Gasteiger partial charge in [0.25, 0.3) is 5.91 Å². The van der Waals surface area contributed by atoms with Gasteiger partial charge in [-0.05, 0) is 46.4 Å². The lowest BCUT2D eigenvalue weighted by molar-refractivity contribution is 0.0680. The number of carbonyl (C=O) groups excluding carboxylic acids is 1. The van der Waals surface area contributed by atoms with E-state index in [0.717, 1.165) is 9.13 Å². The SMILES string of the molecule is COCCN(Cc1ccccc1)C(=O)c1ccc(Cl)c(I)c1. The zero-order chi connectivity index (χ0) is 15.9. The predicted octanol–water partition coefficient (Wildman–Crippen LogP) is 4.23. The third kappa shape index (κ3) is 4.69. The van der Waals surface area contributed by atoms with Gasteiger partial charge < -0.3 is 9.64 Å². The summed E-state index contributed by atoms with van der Waals surface area (Å²) in [6, 6.07) is 15.3. The van der Waals surface area contributed by atoms with Gasteiger partial charge in [0.05, 0.1) is 11.6 Å². The van der Waals surface area contributed by atoms with E-state index >= 15 is 0 Å². The third-order valence-corrected chi connectivity index (χ3v) is 4.78. The standard InChI is InChI=1S/C17H17ClINO2/c1-22-10-9-20(12-13-5-3-2-4-6-13)17(21)14-7-8-15(18)16(19)11-14/h2-8,11H,9-10,12H2,1H3. The number of amides is 1. The number of ether oxygens (including phenoxy) is 1. The summed E-state index contributed by atoms with van der Waals surface area (Å²) in [5, 5.41) is 0.656. The van der Waals surface area contributed by atoms with E-state index in [4.69, 9.17) is 16.3 Å². The minimum Gasteiger partial charge on any atom is -0.383 e. The first-order valence-electron chi connectivity index (χ1n) is 6.89. The van der Waals surface area contributed by atoms with E-state index in [9.17, 15) is 4.79 Å². The molecule has 0 spiro atoms. The van der Waals surface area contributed by atoms with Gasteiger partial charge >= 0.3 is 0 Å². The third-order valence-electron chi connectivity index (χ3n) is 3.24. The molecular formula is C17H17ClINO2. The zero-order valence-corrected chi connectivity index (χ0v) is 15.2. The van der Waals surface area contributed by atoms with Crippen molar-refractivity contribution in [2.45, 2.75) is 6.54 Å². The Morgan fingerprint density at radius 1 is 1.23 bits per heavy atom. The molecule has 0 aromatic heterocycles. The van der Waals surface area contributed by atoms with Gasteiger partial charge in [0.15, 0.2) is 0 Å². The molecule has 0 atom stereocenters. The number of methoxy groups -OCH3 is 1. The van der Waals surface area contributed by atoms with Crippen molar-refractivity contribution in [3.63, 3.8) is 0 Å². The van der Waals surface area contributed by atoms with E-state index in [2.05, 4.69) is 22.6 Å². The van der Waals surface area contributed by atoms with Gasteiger partial charge in [-0.25, -0.2) is 0 Å². The number of hydrogen-bond acceptors (Lipinski definition) is 2. The maximum Gasteiger partial charge on any atom is 0.254 e. The van der Waals surface area contributed by atoms with Gasteiger partial charge in [-0.3, -0.25) is 4.79 Å². The Hall–Kier alpha value is -1.11. The van der Waals surface area contributed by atoms with Crippen LogP contribution in [0.25, 0.3) is 0 Å². The summed E-state index contributed by atoms with van der Waals surface area (Å²) in [6.45, 7) is 1.61. The summed E-state index contributed by atoms with van der Waals surface area (Å²) in [7, 11) is 1.64. The van der Waals surface area contributed by atoms with Crippen molar-refractivity contribution in [3.05, 3.63) is 68.3 Å². The molecule has 22 heavy (non-hydrogen) atoms. The molecule has 5 heteroatoms. The molecule has 0 fully saturated rings. The van der Waals surface area contributed by atoms with Gasteiger partial charge in [0, 0.05) is 29.3 Å². The summed E-state index contributed by atoms with van der Waals surface area (Å²) >= 11 is 8.16. The van der Waals surface area contributed by atoms with Gasteiger partial charge in [-0.2, -0.15) is 0 Å². The number of benzene rings is 2. The van der Waals surface area contributed by atoms with Crippen molar-refractivity contribution >= 4 is 40.1 Å². The Bertz CT molecular complexity index is 634. The number of halogens is 2.